The molecular formula is C13H20ClNO2. The van der Waals surface area contributed by atoms with Gasteiger partial charge < -0.3 is 9.73 Å². The standard InChI is InChI=1S/C13H20ClNO2/c1-4-11-5-6-12(17-11)13(16)15-10(8-14)7-9(2)3/h5-6,9-10H,4,7-8H2,1-3H3,(H,15,16). The van der Waals surface area contributed by atoms with Crippen molar-refractivity contribution in [2.45, 2.75) is 39.7 Å². The highest BCUT2D eigenvalue weighted by Gasteiger charge is 2.16. The van der Waals surface area contributed by atoms with Crippen LogP contribution < -0.4 is 5.32 Å². The average Bonchev–Trinajstić information content (AvgIpc) is 2.75. The minimum absolute atomic E-state index is 0.000608. The molecule has 1 heterocycles. The Morgan fingerprint density at radius 3 is 2.65 bits per heavy atom. The highest BCUT2D eigenvalue weighted by Crippen LogP contribution is 2.11. The van der Waals surface area contributed by atoms with Crippen LogP contribution >= 0.6 is 11.6 Å². The highest BCUT2D eigenvalue weighted by atomic mass is 35.5. The summed E-state index contributed by atoms with van der Waals surface area (Å²) in [6.45, 7) is 6.20. The number of aryl methyl sites for hydroxylation is 1. The predicted molar refractivity (Wildman–Crippen MR) is 69.5 cm³/mol. The van der Waals surface area contributed by atoms with E-state index in [0.29, 0.717) is 17.6 Å². The van der Waals surface area contributed by atoms with Crippen LogP contribution in [0.3, 0.4) is 0 Å². The number of nitrogens with one attached hydrogen (secondary N) is 1. The molecule has 1 aromatic heterocycles. The predicted octanol–water partition coefficient (Wildman–Crippen LogP) is 3.23. The van der Waals surface area contributed by atoms with E-state index in [4.69, 9.17) is 16.0 Å². The Morgan fingerprint density at radius 2 is 2.18 bits per heavy atom. The minimum Gasteiger partial charge on any atom is -0.456 e. The lowest BCUT2D eigenvalue weighted by molar-refractivity contribution is 0.0907. The molecule has 1 amide bonds. The van der Waals surface area contributed by atoms with E-state index in [-0.39, 0.29) is 11.9 Å². The first-order chi connectivity index (χ1) is 8.06. The molecule has 0 aliphatic heterocycles. The Morgan fingerprint density at radius 1 is 1.47 bits per heavy atom. The molecule has 1 unspecified atom stereocenters. The van der Waals surface area contributed by atoms with Crippen molar-refractivity contribution >= 4 is 17.5 Å². The lowest BCUT2D eigenvalue weighted by Gasteiger charge is -2.17. The van der Waals surface area contributed by atoms with Crippen molar-refractivity contribution in [1.82, 2.24) is 5.32 Å². The maximum atomic E-state index is 11.9. The van der Waals surface area contributed by atoms with Gasteiger partial charge in [0.1, 0.15) is 5.76 Å². The molecule has 0 fully saturated rings. The fraction of sp³-hybridized carbons (Fsp3) is 0.615. The molecule has 1 rings (SSSR count). The third kappa shape index (κ3) is 4.43. The van der Waals surface area contributed by atoms with Crippen LogP contribution in [0.5, 0.6) is 0 Å². The van der Waals surface area contributed by atoms with E-state index in [1.54, 1.807) is 6.07 Å². The fourth-order valence-corrected chi connectivity index (χ4v) is 1.88. The smallest absolute Gasteiger partial charge is 0.287 e. The molecule has 0 saturated carbocycles. The summed E-state index contributed by atoms with van der Waals surface area (Å²) in [6.07, 6.45) is 1.66. The molecule has 0 aliphatic carbocycles. The summed E-state index contributed by atoms with van der Waals surface area (Å²) >= 11 is 5.83. The van der Waals surface area contributed by atoms with Crippen molar-refractivity contribution in [2.75, 3.05) is 5.88 Å². The first-order valence-corrected chi connectivity index (χ1v) is 6.55. The third-order valence-corrected chi connectivity index (χ3v) is 2.88. The Labute approximate surface area is 108 Å². The lowest BCUT2D eigenvalue weighted by atomic mass is 10.1. The molecule has 0 radical (unpaired) electrons. The quantitative estimate of drug-likeness (QED) is 0.795. The van der Waals surface area contributed by atoms with Crippen molar-refractivity contribution in [1.29, 1.82) is 0 Å². The van der Waals surface area contributed by atoms with Gasteiger partial charge >= 0.3 is 0 Å². The Balaban J connectivity index is 2.57. The van der Waals surface area contributed by atoms with Gasteiger partial charge in [-0.25, -0.2) is 0 Å². The number of carbonyl (C=O) groups is 1. The third-order valence-electron chi connectivity index (χ3n) is 2.51. The van der Waals surface area contributed by atoms with Crippen molar-refractivity contribution in [3.8, 4) is 0 Å². The first kappa shape index (κ1) is 14.1. The van der Waals surface area contributed by atoms with Gasteiger partial charge in [0.15, 0.2) is 5.76 Å². The van der Waals surface area contributed by atoms with Gasteiger partial charge in [-0.3, -0.25) is 4.79 Å². The summed E-state index contributed by atoms with van der Waals surface area (Å²) in [5, 5.41) is 2.89. The zero-order valence-corrected chi connectivity index (χ0v) is 11.4. The molecule has 4 heteroatoms. The maximum Gasteiger partial charge on any atom is 0.287 e. The van der Waals surface area contributed by atoms with Crippen LogP contribution in [0.2, 0.25) is 0 Å². The van der Waals surface area contributed by atoms with E-state index in [0.717, 1.165) is 18.6 Å². The van der Waals surface area contributed by atoms with Crippen LogP contribution in [0.25, 0.3) is 0 Å². The van der Waals surface area contributed by atoms with E-state index in [2.05, 4.69) is 19.2 Å². The molecule has 17 heavy (non-hydrogen) atoms. The monoisotopic (exact) mass is 257 g/mol. The fourth-order valence-electron chi connectivity index (χ4n) is 1.68. The number of carbonyl (C=O) groups excluding carboxylic acids is 1. The number of halogens is 1. The summed E-state index contributed by atoms with van der Waals surface area (Å²) in [5.41, 5.74) is 0. The highest BCUT2D eigenvalue weighted by molar-refractivity contribution is 6.18. The molecule has 0 aromatic carbocycles. The van der Waals surface area contributed by atoms with Gasteiger partial charge in [0.2, 0.25) is 0 Å². The summed E-state index contributed by atoms with van der Waals surface area (Å²) in [7, 11) is 0. The van der Waals surface area contributed by atoms with Gasteiger partial charge in [-0.15, -0.1) is 11.6 Å². The molecule has 1 N–H and O–H groups in total. The molecule has 0 spiro atoms. The van der Waals surface area contributed by atoms with E-state index in [1.807, 2.05) is 13.0 Å². The molecular weight excluding hydrogens is 238 g/mol. The summed E-state index contributed by atoms with van der Waals surface area (Å²) in [5.74, 6) is 1.92. The molecule has 0 aliphatic rings. The molecule has 0 bridgehead atoms. The van der Waals surface area contributed by atoms with Crippen LogP contribution in [-0.2, 0) is 6.42 Å². The molecule has 1 aromatic rings. The second-order valence-electron chi connectivity index (χ2n) is 4.57. The Kier molecular flexibility index (Phi) is 5.56. The van der Waals surface area contributed by atoms with E-state index in [1.165, 1.54) is 0 Å². The maximum absolute atomic E-state index is 11.9. The van der Waals surface area contributed by atoms with Crippen LogP contribution in [0.4, 0.5) is 0 Å². The van der Waals surface area contributed by atoms with Gasteiger partial charge in [0.05, 0.1) is 0 Å². The van der Waals surface area contributed by atoms with Gasteiger partial charge in [0.25, 0.3) is 5.91 Å². The van der Waals surface area contributed by atoms with Crippen LogP contribution in [0, 0.1) is 5.92 Å². The van der Waals surface area contributed by atoms with Crippen LogP contribution in [0.1, 0.15) is 43.5 Å². The van der Waals surface area contributed by atoms with Crippen LogP contribution in [-0.4, -0.2) is 17.8 Å². The second kappa shape index (κ2) is 6.70. The summed E-state index contributed by atoms with van der Waals surface area (Å²) < 4.78 is 5.39. The van der Waals surface area contributed by atoms with E-state index < -0.39 is 0 Å². The minimum atomic E-state index is -0.184. The number of rotatable bonds is 6. The van der Waals surface area contributed by atoms with Crippen molar-refractivity contribution in [3.63, 3.8) is 0 Å². The SMILES string of the molecule is CCc1ccc(C(=O)NC(CCl)CC(C)C)o1. The molecule has 1 atom stereocenters. The summed E-state index contributed by atoms with van der Waals surface area (Å²) in [4.78, 5) is 11.9. The zero-order valence-electron chi connectivity index (χ0n) is 10.6. The van der Waals surface area contributed by atoms with Gasteiger partial charge in [-0.2, -0.15) is 0 Å². The van der Waals surface area contributed by atoms with Crippen molar-refractivity contribution < 1.29 is 9.21 Å². The van der Waals surface area contributed by atoms with Crippen molar-refractivity contribution in [3.05, 3.63) is 23.7 Å². The number of hydrogen-bond acceptors (Lipinski definition) is 2. The normalized spacial score (nSPS) is 12.8. The van der Waals surface area contributed by atoms with Gasteiger partial charge in [-0.05, 0) is 24.5 Å². The molecule has 0 saturated heterocycles. The lowest BCUT2D eigenvalue weighted by Crippen LogP contribution is -2.36. The zero-order chi connectivity index (χ0) is 12.8. The van der Waals surface area contributed by atoms with Crippen molar-refractivity contribution in [2.24, 2.45) is 5.92 Å². The number of furan rings is 1. The largest absolute Gasteiger partial charge is 0.456 e. The summed E-state index contributed by atoms with van der Waals surface area (Å²) in [6, 6.07) is 3.53. The number of amides is 1. The van der Waals surface area contributed by atoms with E-state index in [9.17, 15) is 4.79 Å². The number of hydrogen-bond donors (Lipinski definition) is 1. The number of alkyl halides is 1. The van der Waals surface area contributed by atoms with Crippen LogP contribution in [0.15, 0.2) is 16.5 Å². The van der Waals surface area contributed by atoms with Gasteiger partial charge in [-0.1, -0.05) is 20.8 Å². The molecule has 3 nitrogen and oxygen atoms in total. The van der Waals surface area contributed by atoms with E-state index >= 15 is 0 Å². The average molecular weight is 258 g/mol. The second-order valence-corrected chi connectivity index (χ2v) is 4.88. The first-order valence-electron chi connectivity index (χ1n) is 6.02. The topological polar surface area (TPSA) is 42.2 Å². The molecule has 96 valence electrons. The Hall–Kier alpha value is -0.960. The van der Waals surface area contributed by atoms with Gasteiger partial charge in [0, 0.05) is 18.3 Å². The Bertz CT molecular complexity index is 360.